The predicted molar refractivity (Wildman–Crippen MR) is 77.2 cm³/mol. The van der Waals surface area contributed by atoms with E-state index in [0.29, 0.717) is 6.04 Å². The molecule has 1 rings (SSSR count). The quantitative estimate of drug-likeness (QED) is 0.767. The Morgan fingerprint density at radius 3 is 2.50 bits per heavy atom. The molecule has 0 saturated carbocycles. The average molecular weight is 250 g/mol. The summed E-state index contributed by atoms with van der Waals surface area (Å²) in [5, 5.41) is 3.25. The van der Waals surface area contributed by atoms with Gasteiger partial charge in [-0.1, -0.05) is 32.0 Å². The van der Waals surface area contributed by atoms with Crippen LogP contribution in [0, 0.1) is 0 Å². The van der Waals surface area contributed by atoms with Gasteiger partial charge >= 0.3 is 0 Å². The van der Waals surface area contributed by atoms with Crippen molar-refractivity contribution in [3.63, 3.8) is 0 Å². The highest BCUT2D eigenvalue weighted by atomic mass is 16.5. The molecule has 3 nitrogen and oxygen atoms in total. The van der Waals surface area contributed by atoms with Crippen molar-refractivity contribution in [3.05, 3.63) is 29.8 Å². The molecule has 1 N–H and O–H groups in total. The van der Waals surface area contributed by atoms with Gasteiger partial charge in [0.2, 0.25) is 0 Å². The Bertz CT molecular complexity index is 337. The molecule has 18 heavy (non-hydrogen) atoms. The van der Waals surface area contributed by atoms with Gasteiger partial charge in [-0.2, -0.15) is 0 Å². The van der Waals surface area contributed by atoms with Gasteiger partial charge in [0.05, 0.1) is 0 Å². The summed E-state index contributed by atoms with van der Waals surface area (Å²) in [5.41, 5.74) is 1.22. The van der Waals surface area contributed by atoms with Crippen LogP contribution in [0.3, 0.4) is 0 Å². The first kappa shape index (κ1) is 15.0. The van der Waals surface area contributed by atoms with Gasteiger partial charge in [-0.3, -0.25) is 0 Å². The third kappa shape index (κ3) is 4.31. The maximum absolute atomic E-state index is 5.91. The van der Waals surface area contributed by atoms with Gasteiger partial charge in [0.1, 0.15) is 12.4 Å². The van der Waals surface area contributed by atoms with E-state index < -0.39 is 0 Å². The molecule has 1 aromatic rings. The standard InChI is InChI=1S/C15H26N2O/c1-5-17(6-2)11-12-18-15-10-8-7-9-14(15)13(3)16-4/h7-10,13,16H,5-6,11-12H2,1-4H3. The molecule has 1 unspecified atom stereocenters. The number of benzene rings is 1. The number of nitrogens with one attached hydrogen (secondary N) is 1. The summed E-state index contributed by atoms with van der Waals surface area (Å²) >= 11 is 0. The Kier molecular flexibility index (Phi) is 6.76. The van der Waals surface area contributed by atoms with E-state index in [1.807, 2.05) is 19.2 Å². The molecule has 0 aliphatic heterocycles. The molecular formula is C15H26N2O. The Hall–Kier alpha value is -1.06. The third-order valence-electron chi connectivity index (χ3n) is 3.38. The molecule has 1 atom stereocenters. The molecule has 0 fully saturated rings. The molecule has 0 bridgehead atoms. The van der Waals surface area contributed by atoms with Gasteiger partial charge in [-0.05, 0) is 33.1 Å². The topological polar surface area (TPSA) is 24.5 Å². The Labute approximate surface area is 111 Å². The molecule has 0 aliphatic rings. The van der Waals surface area contributed by atoms with Crippen molar-refractivity contribution in [2.75, 3.05) is 33.3 Å². The zero-order chi connectivity index (χ0) is 13.4. The molecule has 0 spiro atoms. The van der Waals surface area contributed by atoms with Crippen LogP contribution >= 0.6 is 0 Å². The molecular weight excluding hydrogens is 224 g/mol. The summed E-state index contributed by atoms with van der Waals surface area (Å²) in [6.45, 7) is 10.4. The van der Waals surface area contributed by atoms with Crippen molar-refractivity contribution < 1.29 is 4.74 Å². The largest absolute Gasteiger partial charge is 0.492 e. The number of ether oxygens (including phenoxy) is 1. The lowest BCUT2D eigenvalue weighted by atomic mass is 10.1. The fraction of sp³-hybridized carbons (Fsp3) is 0.600. The highest BCUT2D eigenvalue weighted by Crippen LogP contribution is 2.24. The van der Waals surface area contributed by atoms with Gasteiger partial charge in [0, 0.05) is 18.2 Å². The molecule has 3 heteroatoms. The summed E-state index contributed by atoms with van der Waals surface area (Å²) in [5.74, 6) is 0.992. The van der Waals surface area contributed by atoms with Crippen LogP contribution in [-0.2, 0) is 0 Å². The average Bonchev–Trinajstić information content (AvgIpc) is 2.43. The van der Waals surface area contributed by atoms with E-state index in [1.54, 1.807) is 0 Å². The number of rotatable bonds is 8. The van der Waals surface area contributed by atoms with E-state index in [1.165, 1.54) is 5.56 Å². The van der Waals surface area contributed by atoms with E-state index in [0.717, 1.165) is 32.0 Å². The second-order valence-corrected chi connectivity index (χ2v) is 4.42. The number of nitrogens with zero attached hydrogens (tertiary/aromatic N) is 1. The molecule has 0 amide bonds. The first-order chi connectivity index (χ1) is 8.72. The molecule has 0 aliphatic carbocycles. The van der Waals surface area contributed by atoms with E-state index in [2.05, 4.69) is 43.1 Å². The van der Waals surface area contributed by atoms with Crippen LogP contribution < -0.4 is 10.1 Å². The van der Waals surface area contributed by atoms with Crippen molar-refractivity contribution in [3.8, 4) is 5.75 Å². The summed E-state index contributed by atoms with van der Waals surface area (Å²) in [6, 6.07) is 8.56. The number of para-hydroxylation sites is 1. The smallest absolute Gasteiger partial charge is 0.124 e. The van der Waals surface area contributed by atoms with Crippen LogP contribution in [-0.4, -0.2) is 38.2 Å². The van der Waals surface area contributed by atoms with Gasteiger partial charge in [0.25, 0.3) is 0 Å². The minimum Gasteiger partial charge on any atom is -0.492 e. The Morgan fingerprint density at radius 1 is 1.22 bits per heavy atom. The second-order valence-electron chi connectivity index (χ2n) is 4.42. The van der Waals surface area contributed by atoms with Crippen LogP contribution in [0.4, 0.5) is 0 Å². The normalized spacial score (nSPS) is 12.7. The highest BCUT2D eigenvalue weighted by molar-refractivity contribution is 5.35. The first-order valence-corrected chi connectivity index (χ1v) is 6.84. The molecule has 0 saturated heterocycles. The maximum atomic E-state index is 5.91. The van der Waals surface area contributed by atoms with Crippen LogP contribution in [0.25, 0.3) is 0 Å². The van der Waals surface area contributed by atoms with Crippen molar-refractivity contribution in [2.45, 2.75) is 26.8 Å². The predicted octanol–water partition coefficient (Wildman–Crippen LogP) is 2.69. The molecule has 0 radical (unpaired) electrons. The lowest BCUT2D eigenvalue weighted by Crippen LogP contribution is -2.28. The van der Waals surface area contributed by atoms with E-state index in [9.17, 15) is 0 Å². The van der Waals surface area contributed by atoms with Gasteiger partial charge in [-0.15, -0.1) is 0 Å². The summed E-state index contributed by atoms with van der Waals surface area (Å²) in [4.78, 5) is 2.37. The van der Waals surface area contributed by atoms with Crippen molar-refractivity contribution >= 4 is 0 Å². The van der Waals surface area contributed by atoms with Crippen molar-refractivity contribution in [2.24, 2.45) is 0 Å². The van der Waals surface area contributed by atoms with Crippen molar-refractivity contribution in [1.29, 1.82) is 0 Å². The van der Waals surface area contributed by atoms with Crippen LogP contribution in [0.2, 0.25) is 0 Å². The zero-order valence-corrected chi connectivity index (χ0v) is 12.1. The fourth-order valence-electron chi connectivity index (χ4n) is 1.95. The third-order valence-corrected chi connectivity index (χ3v) is 3.38. The minimum absolute atomic E-state index is 0.314. The second kappa shape index (κ2) is 8.11. The minimum atomic E-state index is 0.314. The van der Waals surface area contributed by atoms with Crippen LogP contribution in [0.5, 0.6) is 5.75 Å². The lowest BCUT2D eigenvalue weighted by Gasteiger charge is -2.20. The summed E-state index contributed by atoms with van der Waals surface area (Å²) in [6.07, 6.45) is 0. The van der Waals surface area contributed by atoms with Gasteiger partial charge < -0.3 is 15.0 Å². The van der Waals surface area contributed by atoms with E-state index >= 15 is 0 Å². The maximum Gasteiger partial charge on any atom is 0.124 e. The van der Waals surface area contributed by atoms with Crippen LogP contribution in [0.1, 0.15) is 32.4 Å². The fourth-order valence-corrected chi connectivity index (χ4v) is 1.95. The first-order valence-electron chi connectivity index (χ1n) is 6.84. The molecule has 0 heterocycles. The number of likely N-dealkylation sites (N-methyl/N-ethyl adjacent to an activating group) is 1. The van der Waals surface area contributed by atoms with Crippen molar-refractivity contribution in [1.82, 2.24) is 10.2 Å². The zero-order valence-electron chi connectivity index (χ0n) is 12.1. The Balaban J connectivity index is 2.56. The van der Waals surface area contributed by atoms with E-state index in [4.69, 9.17) is 4.74 Å². The molecule has 1 aromatic carbocycles. The van der Waals surface area contributed by atoms with Gasteiger partial charge in [-0.25, -0.2) is 0 Å². The Morgan fingerprint density at radius 2 is 1.89 bits per heavy atom. The molecule has 102 valence electrons. The highest BCUT2D eigenvalue weighted by Gasteiger charge is 2.09. The number of hydrogen-bond acceptors (Lipinski definition) is 3. The lowest BCUT2D eigenvalue weighted by molar-refractivity contribution is 0.221. The monoisotopic (exact) mass is 250 g/mol. The van der Waals surface area contributed by atoms with E-state index in [-0.39, 0.29) is 0 Å². The molecule has 0 aromatic heterocycles. The SMILES string of the molecule is CCN(CC)CCOc1ccccc1C(C)NC. The van der Waals surface area contributed by atoms with Gasteiger partial charge in [0.15, 0.2) is 0 Å². The summed E-state index contributed by atoms with van der Waals surface area (Å²) in [7, 11) is 1.97. The number of hydrogen-bond donors (Lipinski definition) is 1. The van der Waals surface area contributed by atoms with Crippen LogP contribution in [0.15, 0.2) is 24.3 Å². The summed E-state index contributed by atoms with van der Waals surface area (Å²) < 4.78 is 5.91.